The number of carbonyl (C=O) groups is 2. The molecule has 6 heteroatoms. The number of amides is 1. The zero-order chi connectivity index (χ0) is 14.9. The standard InChI is InChI=1S/C14H15F2NO3/c1-9(18)7-11-8-14(15,16)13(19)17(11)10-3-5-12(20-2)6-4-10/h3-6,11H,7-8H2,1-2H3. The van der Waals surface area contributed by atoms with Crippen LogP contribution in [-0.2, 0) is 9.59 Å². The number of hydrogen-bond donors (Lipinski definition) is 0. The van der Waals surface area contributed by atoms with E-state index in [1.165, 1.54) is 26.2 Å². The molecule has 1 amide bonds. The van der Waals surface area contributed by atoms with Crippen LogP contribution in [-0.4, -0.2) is 30.8 Å². The third kappa shape index (κ3) is 2.64. The van der Waals surface area contributed by atoms with Gasteiger partial charge in [0.1, 0.15) is 11.5 Å². The van der Waals surface area contributed by atoms with Crippen molar-refractivity contribution < 1.29 is 23.1 Å². The number of nitrogens with zero attached hydrogens (tertiary/aromatic N) is 1. The lowest BCUT2D eigenvalue weighted by Gasteiger charge is -2.23. The van der Waals surface area contributed by atoms with Gasteiger partial charge in [0.05, 0.1) is 13.2 Å². The molecule has 108 valence electrons. The molecular formula is C14H15F2NO3. The smallest absolute Gasteiger partial charge is 0.327 e. The third-order valence-electron chi connectivity index (χ3n) is 3.26. The molecule has 1 fully saturated rings. The average molecular weight is 283 g/mol. The van der Waals surface area contributed by atoms with Gasteiger partial charge in [-0.1, -0.05) is 0 Å². The maximum absolute atomic E-state index is 13.6. The Morgan fingerprint density at radius 1 is 1.40 bits per heavy atom. The minimum atomic E-state index is -3.42. The number of anilines is 1. The Hall–Kier alpha value is -1.98. The summed E-state index contributed by atoms with van der Waals surface area (Å²) in [5, 5.41) is 0. The molecule has 0 radical (unpaired) electrons. The second-order valence-corrected chi connectivity index (χ2v) is 4.84. The summed E-state index contributed by atoms with van der Waals surface area (Å²) in [6.07, 6.45) is -0.704. The van der Waals surface area contributed by atoms with Crippen LogP contribution >= 0.6 is 0 Å². The van der Waals surface area contributed by atoms with Crippen LogP contribution in [0.3, 0.4) is 0 Å². The van der Waals surface area contributed by atoms with Crippen LogP contribution < -0.4 is 9.64 Å². The second-order valence-electron chi connectivity index (χ2n) is 4.84. The van der Waals surface area contributed by atoms with E-state index in [9.17, 15) is 18.4 Å². The van der Waals surface area contributed by atoms with E-state index < -0.39 is 24.3 Å². The fourth-order valence-electron chi connectivity index (χ4n) is 2.38. The highest BCUT2D eigenvalue weighted by atomic mass is 19.3. The molecule has 1 atom stereocenters. The summed E-state index contributed by atoms with van der Waals surface area (Å²) in [5.41, 5.74) is 0.347. The number of carbonyl (C=O) groups excluding carboxylic acids is 2. The molecule has 0 spiro atoms. The van der Waals surface area contributed by atoms with Crippen LogP contribution in [0.1, 0.15) is 19.8 Å². The van der Waals surface area contributed by atoms with E-state index in [1.54, 1.807) is 12.1 Å². The Morgan fingerprint density at radius 2 is 2.00 bits per heavy atom. The van der Waals surface area contributed by atoms with Gasteiger partial charge in [0, 0.05) is 18.5 Å². The van der Waals surface area contributed by atoms with Crippen molar-refractivity contribution in [3.8, 4) is 5.75 Å². The van der Waals surface area contributed by atoms with Crippen molar-refractivity contribution in [3.63, 3.8) is 0 Å². The first-order valence-corrected chi connectivity index (χ1v) is 6.20. The lowest BCUT2D eigenvalue weighted by atomic mass is 10.1. The van der Waals surface area contributed by atoms with Gasteiger partial charge >= 0.3 is 5.92 Å². The Bertz CT molecular complexity index is 528. The topological polar surface area (TPSA) is 46.6 Å². The largest absolute Gasteiger partial charge is 0.497 e. The van der Waals surface area contributed by atoms with Crippen molar-refractivity contribution in [1.82, 2.24) is 0 Å². The van der Waals surface area contributed by atoms with Crippen LogP contribution in [0.25, 0.3) is 0 Å². The lowest BCUT2D eigenvalue weighted by molar-refractivity contribution is -0.137. The number of alkyl halides is 2. The maximum atomic E-state index is 13.6. The van der Waals surface area contributed by atoms with Gasteiger partial charge in [-0.05, 0) is 31.2 Å². The maximum Gasteiger partial charge on any atom is 0.327 e. The monoisotopic (exact) mass is 283 g/mol. The van der Waals surface area contributed by atoms with Gasteiger partial charge in [0.15, 0.2) is 0 Å². The lowest BCUT2D eigenvalue weighted by Crippen LogP contribution is -2.37. The number of ether oxygens (including phenoxy) is 1. The molecule has 2 rings (SSSR count). The highest BCUT2D eigenvalue weighted by Gasteiger charge is 2.53. The molecule has 0 aromatic heterocycles. The quantitative estimate of drug-likeness (QED) is 0.852. The molecule has 0 N–H and O–H groups in total. The molecular weight excluding hydrogens is 268 g/mol. The van der Waals surface area contributed by atoms with Crippen molar-refractivity contribution in [1.29, 1.82) is 0 Å². The molecule has 1 unspecified atom stereocenters. The first-order chi connectivity index (χ1) is 9.35. The summed E-state index contributed by atoms with van der Waals surface area (Å²) in [7, 11) is 1.49. The van der Waals surface area contributed by atoms with Gasteiger partial charge in [-0.3, -0.25) is 9.59 Å². The van der Waals surface area contributed by atoms with Gasteiger partial charge in [-0.25, -0.2) is 0 Å². The second kappa shape index (κ2) is 5.19. The Morgan fingerprint density at radius 3 is 2.50 bits per heavy atom. The van der Waals surface area contributed by atoms with Crippen LogP contribution in [0.5, 0.6) is 5.75 Å². The number of ketones is 1. The molecule has 1 aliphatic heterocycles. The summed E-state index contributed by atoms with van der Waals surface area (Å²) in [6.45, 7) is 1.33. The minimum absolute atomic E-state index is 0.0760. The van der Waals surface area contributed by atoms with Crippen LogP contribution in [0.15, 0.2) is 24.3 Å². The molecule has 0 bridgehead atoms. The number of methoxy groups -OCH3 is 1. The number of halogens is 2. The van der Waals surface area contributed by atoms with Crippen LogP contribution in [0.2, 0.25) is 0 Å². The van der Waals surface area contributed by atoms with Gasteiger partial charge in [-0.2, -0.15) is 8.78 Å². The van der Waals surface area contributed by atoms with Gasteiger partial charge in [-0.15, -0.1) is 0 Å². The Kier molecular flexibility index (Phi) is 3.74. The molecule has 4 nitrogen and oxygen atoms in total. The Labute approximate surface area is 115 Å². The zero-order valence-electron chi connectivity index (χ0n) is 11.2. The van der Waals surface area contributed by atoms with Gasteiger partial charge in [0.25, 0.3) is 5.91 Å². The van der Waals surface area contributed by atoms with E-state index in [0.717, 1.165) is 4.90 Å². The summed E-state index contributed by atoms with van der Waals surface area (Å²) >= 11 is 0. The predicted molar refractivity (Wildman–Crippen MR) is 69.1 cm³/mol. The molecule has 1 aromatic carbocycles. The summed E-state index contributed by atoms with van der Waals surface area (Å²) in [6, 6.07) is 5.44. The molecule has 1 saturated heterocycles. The van der Waals surface area contributed by atoms with Crippen LogP contribution in [0, 0.1) is 0 Å². The van der Waals surface area contributed by atoms with Crippen LogP contribution in [0.4, 0.5) is 14.5 Å². The summed E-state index contributed by atoms with van der Waals surface area (Å²) in [5.74, 6) is -4.33. The van der Waals surface area contributed by atoms with Crippen molar-refractivity contribution in [2.75, 3.05) is 12.0 Å². The van der Waals surface area contributed by atoms with Crippen molar-refractivity contribution in [3.05, 3.63) is 24.3 Å². The van der Waals surface area contributed by atoms with Gasteiger partial charge < -0.3 is 9.64 Å². The van der Waals surface area contributed by atoms with E-state index in [0.29, 0.717) is 11.4 Å². The van der Waals surface area contributed by atoms with Crippen molar-refractivity contribution in [2.45, 2.75) is 31.7 Å². The SMILES string of the molecule is COc1ccc(N2C(=O)C(F)(F)CC2CC(C)=O)cc1. The van der Waals surface area contributed by atoms with Gasteiger partial charge in [0.2, 0.25) is 0 Å². The molecule has 1 aliphatic rings. The average Bonchev–Trinajstić information content (AvgIpc) is 2.59. The highest BCUT2D eigenvalue weighted by Crippen LogP contribution is 2.38. The van der Waals surface area contributed by atoms with E-state index in [4.69, 9.17) is 4.74 Å². The van der Waals surface area contributed by atoms with E-state index >= 15 is 0 Å². The minimum Gasteiger partial charge on any atom is -0.497 e. The normalized spacial score (nSPS) is 21.1. The molecule has 1 aromatic rings. The zero-order valence-corrected chi connectivity index (χ0v) is 11.2. The fraction of sp³-hybridized carbons (Fsp3) is 0.429. The number of hydrogen-bond acceptors (Lipinski definition) is 3. The van der Waals surface area contributed by atoms with Crippen molar-refractivity contribution in [2.24, 2.45) is 0 Å². The molecule has 1 heterocycles. The molecule has 0 saturated carbocycles. The third-order valence-corrected chi connectivity index (χ3v) is 3.26. The first kappa shape index (κ1) is 14.4. The number of rotatable bonds is 4. The van der Waals surface area contributed by atoms with E-state index in [-0.39, 0.29) is 12.2 Å². The highest BCUT2D eigenvalue weighted by molar-refractivity contribution is 6.02. The van der Waals surface area contributed by atoms with Crippen molar-refractivity contribution >= 4 is 17.4 Å². The fourth-order valence-corrected chi connectivity index (χ4v) is 2.38. The van der Waals surface area contributed by atoms with E-state index in [2.05, 4.69) is 0 Å². The van der Waals surface area contributed by atoms with E-state index in [1.807, 2.05) is 0 Å². The Balaban J connectivity index is 2.33. The molecule has 0 aliphatic carbocycles. The summed E-state index contributed by atoms with van der Waals surface area (Å²) < 4.78 is 32.2. The number of Topliss-reactive ketones (excluding diaryl/α,β-unsaturated/α-hetero) is 1. The summed E-state index contributed by atoms with van der Waals surface area (Å²) in [4.78, 5) is 24.0. The number of benzene rings is 1. The molecule has 20 heavy (non-hydrogen) atoms. The first-order valence-electron chi connectivity index (χ1n) is 6.20. The predicted octanol–water partition coefficient (Wildman–Crippen LogP) is 2.41.